The maximum absolute atomic E-state index is 6.17. The Balaban J connectivity index is 2.08. The van der Waals surface area contributed by atoms with Gasteiger partial charge in [-0.3, -0.25) is 0 Å². The van der Waals surface area contributed by atoms with E-state index in [4.69, 9.17) is 4.74 Å². The van der Waals surface area contributed by atoms with Crippen LogP contribution in [0.25, 0.3) is 0 Å². The minimum absolute atomic E-state index is 0.336. The average Bonchev–Trinajstić information content (AvgIpc) is 2.81. The Kier molecular flexibility index (Phi) is 4.65. The normalized spacial score (nSPS) is 18.2. The van der Waals surface area contributed by atoms with E-state index in [1.54, 1.807) is 0 Å². The third kappa shape index (κ3) is 3.49. The van der Waals surface area contributed by atoms with Gasteiger partial charge in [0.05, 0.1) is 6.10 Å². The minimum Gasteiger partial charge on any atom is -0.490 e. The fraction of sp³-hybridized carbons (Fsp3) is 0.625. The molecule has 1 aromatic rings. The molecule has 0 spiro atoms. The molecule has 1 saturated carbocycles. The summed E-state index contributed by atoms with van der Waals surface area (Å²) in [5, 5.41) is 3.54. The Labute approximate surface area is 111 Å². The fourth-order valence-corrected chi connectivity index (χ4v) is 2.72. The fourth-order valence-electron chi connectivity index (χ4n) is 2.72. The Morgan fingerprint density at radius 2 is 1.78 bits per heavy atom. The summed E-state index contributed by atoms with van der Waals surface area (Å²) < 4.78 is 6.17. The molecule has 1 N–H and O–H groups in total. The first-order valence-corrected chi connectivity index (χ1v) is 7.18. The molecule has 0 saturated heterocycles. The van der Waals surface area contributed by atoms with Gasteiger partial charge in [0.25, 0.3) is 0 Å². The highest BCUT2D eigenvalue weighted by Crippen LogP contribution is 2.29. The molecule has 1 unspecified atom stereocenters. The molecule has 1 aliphatic rings. The van der Waals surface area contributed by atoms with Gasteiger partial charge in [-0.05, 0) is 38.7 Å². The molecule has 0 amide bonds. The molecule has 1 aliphatic carbocycles. The van der Waals surface area contributed by atoms with Crippen molar-refractivity contribution in [2.45, 2.75) is 64.6 Å². The second kappa shape index (κ2) is 6.24. The first-order chi connectivity index (χ1) is 8.66. The smallest absolute Gasteiger partial charge is 0.124 e. The molecule has 0 bridgehead atoms. The van der Waals surface area contributed by atoms with Crippen LogP contribution in [0.2, 0.25) is 0 Å². The zero-order valence-electron chi connectivity index (χ0n) is 11.8. The first-order valence-electron chi connectivity index (χ1n) is 7.18. The molecule has 1 aromatic carbocycles. The number of hydrogen-bond donors (Lipinski definition) is 1. The van der Waals surface area contributed by atoms with Gasteiger partial charge in [-0.15, -0.1) is 0 Å². The van der Waals surface area contributed by atoms with Crippen molar-refractivity contribution >= 4 is 0 Å². The largest absolute Gasteiger partial charge is 0.490 e. The first kappa shape index (κ1) is 13.4. The van der Waals surface area contributed by atoms with Gasteiger partial charge in [-0.2, -0.15) is 0 Å². The van der Waals surface area contributed by atoms with Gasteiger partial charge >= 0.3 is 0 Å². The van der Waals surface area contributed by atoms with Crippen molar-refractivity contribution in [3.8, 4) is 5.75 Å². The van der Waals surface area contributed by atoms with E-state index in [0.717, 1.165) is 5.75 Å². The molecule has 100 valence electrons. The highest BCUT2D eigenvalue weighted by atomic mass is 16.5. The van der Waals surface area contributed by atoms with Crippen LogP contribution in [0.1, 0.15) is 58.1 Å². The highest BCUT2D eigenvalue weighted by Gasteiger charge is 2.19. The monoisotopic (exact) mass is 247 g/mol. The maximum Gasteiger partial charge on any atom is 0.124 e. The molecular weight excluding hydrogens is 222 g/mol. The number of para-hydroxylation sites is 1. The highest BCUT2D eigenvalue weighted by molar-refractivity contribution is 5.35. The SMILES string of the molecule is CC(C)NC(C)c1ccccc1OC1CCCC1. The van der Waals surface area contributed by atoms with Gasteiger partial charge in [0.2, 0.25) is 0 Å². The van der Waals surface area contributed by atoms with Crippen molar-refractivity contribution in [1.82, 2.24) is 5.32 Å². The number of rotatable bonds is 5. The number of benzene rings is 1. The van der Waals surface area contributed by atoms with E-state index in [0.29, 0.717) is 18.2 Å². The van der Waals surface area contributed by atoms with Crippen molar-refractivity contribution in [3.63, 3.8) is 0 Å². The molecule has 0 heterocycles. The van der Waals surface area contributed by atoms with Gasteiger partial charge in [-0.1, -0.05) is 32.0 Å². The average molecular weight is 247 g/mol. The molecule has 0 aromatic heterocycles. The Hall–Kier alpha value is -1.02. The van der Waals surface area contributed by atoms with Gasteiger partial charge in [0, 0.05) is 17.6 Å². The summed E-state index contributed by atoms with van der Waals surface area (Å²) in [6.07, 6.45) is 5.47. The number of ether oxygens (including phenoxy) is 1. The molecule has 0 aliphatic heterocycles. The van der Waals surface area contributed by atoms with E-state index in [9.17, 15) is 0 Å². The predicted octanol–water partition coefficient (Wildman–Crippen LogP) is 4.07. The Bertz CT molecular complexity index is 369. The molecule has 1 fully saturated rings. The Morgan fingerprint density at radius 3 is 2.44 bits per heavy atom. The summed E-state index contributed by atoms with van der Waals surface area (Å²) in [7, 11) is 0. The maximum atomic E-state index is 6.17. The number of hydrogen-bond acceptors (Lipinski definition) is 2. The van der Waals surface area contributed by atoms with E-state index < -0.39 is 0 Å². The molecule has 2 nitrogen and oxygen atoms in total. The van der Waals surface area contributed by atoms with Gasteiger partial charge in [0.1, 0.15) is 5.75 Å². The zero-order chi connectivity index (χ0) is 13.0. The predicted molar refractivity (Wildman–Crippen MR) is 76.0 cm³/mol. The van der Waals surface area contributed by atoms with E-state index in [-0.39, 0.29) is 0 Å². The lowest BCUT2D eigenvalue weighted by Gasteiger charge is -2.22. The van der Waals surface area contributed by atoms with Crippen LogP contribution >= 0.6 is 0 Å². The molecule has 0 radical (unpaired) electrons. The van der Waals surface area contributed by atoms with Gasteiger partial charge in [-0.25, -0.2) is 0 Å². The lowest BCUT2D eigenvalue weighted by atomic mass is 10.1. The topological polar surface area (TPSA) is 21.3 Å². The van der Waals surface area contributed by atoms with Crippen molar-refractivity contribution in [3.05, 3.63) is 29.8 Å². The molecule has 2 heteroatoms. The number of nitrogens with one attached hydrogen (secondary N) is 1. The summed E-state index contributed by atoms with van der Waals surface area (Å²) in [5.74, 6) is 1.06. The van der Waals surface area contributed by atoms with E-state index in [2.05, 4.69) is 50.4 Å². The summed E-state index contributed by atoms with van der Waals surface area (Å²) in [6, 6.07) is 9.25. The summed E-state index contributed by atoms with van der Waals surface area (Å²) >= 11 is 0. The minimum atomic E-state index is 0.336. The van der Waals surface area contributed by atoms with Crippen LogP contribution in [0, 0.1) is 0 Å². The van der Waals surface area contributed by atoms with Crippen LogP contribution < -0.4 is 10.1 Å². The molecule has 2 rings (SSSR count). The van der Waals surface area contributed by atoms with Crippen LogP contribution in [0.5, 0.6) is 5.75 Å². The second-order valence-corrected chi connectivity index (χ2v) is 5.61. The second-order valence-electron chi connectivity index (χ2n) is 5.61. The zero-order valence-corrected chi connectivity index (χ0v) is 11.8. The van der Waals surface area contributed by atoms with Crippen LogP contribution in [-0.4, -0.2) is 12.1 Å². The van der Waals surface area contributed by atoms with Crippen LogP contribution in [0.4, 0.5) is 0 Å². The van der Waals surface area contributed by atoms with Crippen LogP contribution in [-0.2, 0) is 0 Å². The van der Waals surface area contributed by atoms with Gasteiger partial charge in [0.15, 0.2) is 0 Å². The quantitative estimate of drug-likeness (QED) is 0.847. The standard InChI is InChI=1S/C16H25NO/c1-12(2)17-13(3)15-10-6-7-11-16(15)18-14-8-4-5-9-14/h6-7,10-14,17H,4-5,8-9H2,1-3H3. The Morgan fingerprint density at radius 1 is 1.11 bits per heavy atom. The summed E-state index contributed by atoms with van der Waals surface area (Å²) in [5.41, 5.74) is 1.28. The van der Waals surface area contributed by atoms with E-state index in [1.807, 2.05) is 0 Å². The van der Waals surface area contributed by atoms with E-state index >= 15 is 0 Å². The van der Waals surface area contributed by atoms with Crippen molar-refractivity contribution in [1.29, 1.82) is 0 Å². The van der Waals surface area contributed by atoms with Crippen molar-refractivity contribution < 1.29 is 4.74 Å². The van der Waals surface area contributed by atoms with E-state index in [1.165, 1.54) is 31.2 Å². The van der Waals surface area contributed by atoms with Crippen molar-refractivity contribution in [2.75, 3.05) is 0 Å². The molecular formula is C16H25NO. The summed E-state index contributed by atoms with van der Waals surface area (Å²) in [6.45, 7) is 6.56. The molecule has 18 heavy (non-hydrogen) atoms. The van der Waals surface area contributed by atoms with Crippen LogP contribution in [0.3, 0.4) is 0 Å². The lowest BCUT2D eigenvalue weighted by molar-refractivity contribution is 0.206. The van der Waals surface area contributed by atoms with Crippen molar-refractivity contribution in [2.24, 2.45) is 0 Å². The van der Waals surface area contributed by atoms with Gasteiger partial charge < -0.3 is 10.1 Å². The third-order valence-corrected chi connectivity index (χ3v) is 3.56. The van der Waals surface area contributed by atoms with Crippen LogP contribution in [0.15, 0.2) is 24.3 Å². The molecule has 1 atom stereocenters. The lowest BCUT2D eigenvalue weighted by Crippen LogP contribution is -2.26. The third-order valence-electron chi connectivity index (χ3n) is 3.56. The summed E-state index contributed by atoms with van der Waals surface area (Å²) in [4.78, 5) is 0.